The second-order valence-corrected chi connectivity index (χ2v) is 3.75. The molecule has 90 valence electrons. The van der Waals surface area contributed by atoms with E-state index in [-0.39, 0.29) is 11.8 Å². The van der Waals surface area contributed by atoms with E-state index in [0.717, 1.165) is 5.56 Å². The molecule has 1 aromatic carbocycles. The Labute approximate surface area is 105 Å². The number of carbonyl (C=O) groups excluding carboxylic acids is 1. The molecule has 0 aliphatic carbocycles. The molecule has 0 unspecified atom stereocenters. The maximum Gasteiger partial charge on any atom is 0.250 e. The highest BCUT2D eigenvalue weighted by Crippen LogP contribution is 2.15. The molecule has 1 aromatic rings. The molecule has 0 fully saturated rings. The Morgan fingerprint density at radius 2 is 2.17 bits per heavy atom. The van der Waals surface area contributed by atoms with Gasteiger partial charge in [0, 0.05) is 12.5 Å². The number of ether oxygens (including phenoxy) is 1. The third kappa shape index (κ3) is 2.98. The van der Waals surface area contributed by atoms with E-state index in [4.69, 9.17) is 10.00 Å². The van der Waals surface area contributed by atoms with Gasteiger partial charge in [-0.2, -0.15) is 5.26 Å². The fourth-order valence-electron chi connectivity index (χ4n) is 1.56. The number of benzene rings is 1. The summed E-state index contributed by atoms with van der Waals surface area (Å²) in [5.74, 6) is -0.0243. The van der Waals surface area contributed by atoms with Gasteiger partial charge in [0.15, 0.2) is 0 Å². The topological polar surface area (TPSA) is 62.1 Å². The number of carbonyl (C=O) groups is 1. The lowest BCUT2D eigenvalue weighted by molar-refractivity contribution is -0.116. The summed E-state index contributed by atoms with van der Waals surface area (Å²) in [7, 11) is 0. The van der Waals surface area contributed by atoms with Gasteiger partial charge in [-0.15, -0.1) is 0 Å². The third-order valence-corrected chi connectivity index (χ3v) is 2.47. The van der Waals surface area contributed by atoms with Crippen LogP contribution in [0.25, 0.3) is 6.08 Å². The number of nitrogens with zero attached hydrogens (tertiary/aromatic N) is 1. The molecule has 0 atom stereocenters. The van der Waals surface area contributed by atoms with Crippen LogP contribution in [-0.4, -0.2) is 12.5 Å². The Bertz CT molecular complexity index is 539. The van der Waals surface area contributed by atoms with Crippen molar-refractivity contribution in [2.24, 2.45) is 0 Å². The molecule has 2 rings (SSSR count). The monoisotopic (exact) mass is 240 g/mol. The molecule has 1 aliphatic rings. The predicted molar refractivity (Wildman–Crippen MR) is 66.8 cm³/mol. The van der Waals surface area contributed by atoms with Crippen molar-refractivity contribution in [2.75, 3.05) is 6.61 Å². The van der Waals surface area contributed by atoms with Gasteiger partial charge in [0.25, 0.3) is 5.91 Å². The molecule has 1 N–H and O–H groups in total. The molecule has 0 saturated heterocycles. The molecule has 18 heavy (non-hydrogen) atoms. The van der Waals surface area contributed by atoms with E-state index in [1.807, 2.05) is 36.4 Å². The summed E-state index contributed by atoms with van der Waals surface area (Å²) < 4.78 is 5.17. The third-order valence-electron chi connectivity index (χ3n) is 2.47. The van der Waals surface area contributed by atoms with Gasteiger partial charge in [-0.3, -0.25) is 10.1 Å². The maximum absolute atomic E-state index is 11.6. The van der Waals surface area contributed by atoms with Crippen LogP contribution >= 0.6 is 0 Å². The van der Waals surface area contributed by atoms with Crippen molar-refractivity contribution in [3.8, 4) is 6.07 Å². The standard InChI is InChI=1S/C14H12N2O2/c15-10-12-8-9-18-14(12)16-13(17)7-6-11-4-2-1-3-5-11/h1-7H,8-9H2,(H,16,17)/b7-6+. The smallest absolute Gasteiger partial charge is 0.250 e. The van der Waals surface area contributed by atoms with E-state index in [1.165, 1.54) is 6.08 Å². The normalized spacial score (nSPS) is 14.4. The van der Waals surface area contributed by atoms with Crippen LogP contribution in [0.2, 0.25) is 0 Å². The van der Waals surface area contributed by atoms with Gasteiger partial charge in [-0.25, -0.2) is 0 Å². The highest BCUT2D eigenvalue weighted by molar-refractivity contribution is 5.92. The van der Waals surface area contributed by atoms with Crippen molar-refractivity contribution in [1.82, 2.24) is 5.32 Å². The molecule has 0 spiro atoms. The van der Waals surface area contributed by atoms with Gasteiger partial charge < -0.3 is 4.74 Å². The van der Waals surface area contributed by atoms with Crippen LogP contribution in [0.5, 0.6) is 0 Å². The van der Waals surface area contributed by atoms with Crippen LogP contribution < -0.4 is 5.32 Å². The summed E-state index contributed by atoms with van der Waals surface area (Å²) in [6.07, 6.45) is 3.67. The lowest BCUT2D eigenvalue weighted by Crippen LogP contribution is -2.21. The minimum absolute atomic E-state index is 0.278. The zero-order valence-corrected chi connectivity index (χ0v) is 9.72. The first-order valence-electron chi connectivity index (χ1n) is 5.60. The quantitative estimate of drug-likeness (QED) is 0.821. The molecule has 0 bridgehead atoms. The average Bonchev–Trinajstić information content (AvgIpc) is 2.85. The summed E-state index contributed by atoms with van der Waals surface area (Å²) in [4.78, 5) is 11.6. The Morgan fingerprint density at radius 3 is 2.89 bits per heavy atom. The van der Waals surface area contributed by atoms with Crippen LogP contribution in [0.4, 0.5) is 0 Å². The lowest BCUT2D eigenvalue weighted by atomic mass is 10.2. The Morgan fingerprint density at radius 1 is 1.39 bits per heavy atom. The Hall–Kier alpha value is -2.54. The molecular weight excluding hydrogens is 228 g/mol. The lowest BCUT2D eigenvalue weighted by Gasteiger charge is -2.03. The molecular formula is C14H12N2O2. The average molecular weight is 240 g/mol. The zero-order valence-electron chi connectivity index (χ0n) is 9.72. The summed E-state index contributed by atoms with van der Waals surface area (Å²) in [6, 6.07) is 11.5. The van der Waals surface area contributed by atoms with E-state index >= 15 is 0 Å². The first-order chi connectivity index (χ1) is 8.79. The van der Waals surface area contributed by atoms with Crippen molar-refractivity contribution < 1.29 is 9.53 Å². The van der Waals surface area contributed by atoms with E-state index in [1.54, 1.807) is 6.08 Å². The second-order valence-electron chi connectivity index (χ2n) is 3.75. The van der Waals surface area contributed by atoms with Gasteiger partial charge in [-0.1, -0.05) is 30.3 Å². The number of nitrogens with one attached hydrogen (secondary N) is 1. The molecule has 4 heteroatoms. The number of nitriles is 1. The minimum atomic E-state index is -0.302. The fraction of sp³-hybridized carbons (Fsp3) is 0.143. The first kappa shape index (κ1) is 11.9. The van der Waals surface area contributed by atoms with Crippen LogP contribution in [0, 0.1) is 11.3 Å². The first-order valence-corrected chi connectivity index (χ1v) is 5.60. The van der Waals surface area contributed by atoms with Crippen molar-refractivity contribution in [3.05, 3.63) is 53.4 Å². The summed E-state index contributed by atoms with van der Waals surface area (Å²) >= 11 is 0. The van der Waals surface area contributed by atoms with Gasteiger partial charge in [0.2, 0.25) is 5.88 Å². The number of rotatable bonds is 3. The Balaban J connectivity index is 1.98. The Kier molecular flexibility index (Phi) is 3.77. The molecule has 0 aromatic heterocycles. The highest BCUT2D eigenvalue weighted by atomic mass is 16.5. The zero-order chi connectivity index (χ0) is 12.8. The van der Waals surface area contributed by atoms with E-state index in [0.29, 0.717) is 18.6 Å². The number of amides is 1. The SMILES string of the molecule is N#CC1=C(NC(=O)/C=C/c2ccccc2)OCC1. The predicted octanol–water partition coefficient (Wildman–Crippen LogP) is 1.97. The van der Waals surface area contributed by atoms with Crippen molar-refractivity contribution in [2.45, 2.75) is 6.42 Å². The van der Waals surface area contributed by atoms with Crippen molar-refractivity contribution >= 4 is 12.0 Å². The molecule has 4 nitrogen and oxygen atoms in total. The molecule has 0 radical (unpaired) electrons. The largest absolute Gasteiger partial charge is 0.478 e. The number of hydrogen-bond donors (Lipinski definition) is 1. The summed E-state index contributed by atoms with van der Waals surface area (Å²) in [6.45, 7) is 0.445. The van der Waals surface area contributed by atoms with Gasteiger partial charge in [0.1, 0.15) is 6.07 Å². The summed E-state index contributed by atoms with van der Waals surface area (Å²) in [5.41, 5.74) is 1.42. The van der Waals surface area contributed by atoms with Gasteiger partial charge in [-0.05, 0) is 11.6 Å². The van der Waals surface area contributed by atoms with E-state index in [9.17, 15) is 4.79 Å². The fourth-order valence-corrected chi connectivity index (χ4v) is 1.56. The van der Waals surface area contributed by atoms with Crippen LogP contribution in [-0.2, 0) is 9.53 Å². The van der Waals surface area contributed by atoms with Crippen molar-refractivity contribution in [3.63, 3.8) is 0 Å². The van der Waals surface area contributed by atoms with Crippen molar-refractivity contribution in [1.29, 1.82) is 5.26 Å². The highest BCUT2D eigenvalue weighted by Gasteiger charge is 2.16. The maximum atomic E-state index is 11.6. The molecule has 1 heterocycles. The number of hydrogen-bond acceptors (Lipinski definition) is 3. The van der Waals surface area contributed by atoms with Crippen LogP contribution in [0.3, 0.4) is 0 Å². The van der Waals surface area contributed by atoms with Crippen LogP contribution in [0.15, 0.2) is 47.9 Å². The van der Waals surface area contributed by atoms with Gasteiger partial charge in [0.05, 0.1) is 12.2 Å². The van der Waals surface area contributed by atoms with E-state index in [2.05, 4.69) is 5.32 Å². The minimum Gasteiger partial charge on any atom is -0.478 e. The van der Waals surface area contributed by atoms with E-state index < -0.39 is 0 Å². The second kappa shape index (κ2) is 5.69. The molecule has 1 aliphatic heterocycles. The summed E-state index contributed by atoms with van der Waals surface area (Å²) in [5, 5.41) is 11.4. The molecule has 1 amide bonds. The van der Waals surface area contributed by atoms with Crippen LogP contribution in [0.1, 0.15) is 12.0 Å². The van der Waals surface area contributed by atoms with Gasteiger partial charge >= 0.3 is 0 Å². The molecule has 0 saturated carbocycles.